The first-order valence-corrected chi connectivity index (χ1v) is 11.5. The topological polar surface area (TPSA) is 71.1 Å². The Morgan fingerprint density at radius 2 is 1.97 bits per heavy atom. The summed E-state index contributed by atoms with van der Waals surface area (Å²) in [6.45, 7) is 4.79. The molecule has 0 fully saturated rings. The van der Waals surface area contributed by atoms with Crippen molar-refractivity contribution in [1.82, 2.24) is 10.3 Å². The number of halogens is 1. The van der Waals surface area contributed by atoms with E-state index in [9.17, 15) is 14.0 Å². The van der Waals surface area contributed by atoms with E-state index in [1.807, 2.05) is 51.3 Å². The van der Waals surface area contributed by atoms with Gasteiger partial charge in [0, 0.05) is 43.0 Å². The number of carbonyl (C=O) groups excluding carboxylic acids is 2. The van der Waals surface area contributed by atoms with Gasteiger partial charge in [-0.1, -0.05) is 50.3 Å². The highest BCUT2D eigenvalue weighted by Crippen LogP contribution is 2.21. The second kappa shape index (κ2) is 17.4. The SMILES string of the molecule is CC.CNCC1=CC=C(F)CC=C1.O=CCCC1C=CC(C(=O)Nc2ccncc2)=CCC1. The van der Waals surface area contributed by atoms with Crippen molar-refractivity contribution in [3.63, 3.8) is 0 Å². The molecule has 0 saturated carbocycles. The van der Waals surface area contributed by atoms with Crippen LogP contribution in [0.3, 0.4) is 0 Å². The average Bonchev–Trinajstić information content (AvgIpc) is 3.21. The number of amides is 1. The average molecular weight is 454 g/mol. The maximum Gasteiger partial charge on any atom is 0.255 e. The molecule has 1 aromatic rings. The van der Waals surface area contributed by atoms with Crippen LogP contribution in [0.5, 0.6) is 0 Å². The summed E-state index contributed by atoms with van der Waals surface area (Å²) in [5.41, 5.74) is 2.52. The first-order valence-electron chi connectivity index (χ1n) is 11.5. The van der Waals surface area contributed by atoms with Crippen molar-refractivity contribution in [2.75, 3.05) is 18.9 Å². The second-order valence-electron chi connectivity index (χ2n) is 7.28. The van der Waals surface area contributed by atoms with Gasteiger partial charge in [-0.25, -0.2) is 4.39 Å². The van der Waals surface area contributed by atoms with Gasteiger partial charge in [0.2, 0.25) is 0 Å². The minimum atomic E-state index is -0.108. The van der Waals surface area contributed by atoms with Crippen LogP contribution in [0.15, 0.2) is 84.0 Å². The van der Waals surface area contributed by atoms with Crippen LogP contribution in [-0.4, -0.2) is 30.8 Å². The van der Waals surface area contributed by atoms with E-state index >= 15 is 0 Å². The Morgan fingerprint density at radius 3 is 2.67 bits per heavy atom. The lowest BCUT2D eigenvalue weighted by molar-refractivity contribution is -0.112. The normalized spacial score (nSPS) is 16.8. The van der Waals surface area contributed by atoms with Crippen molar-refractivity contribution in [1.29, 1.82) is 0 Å². The number of aromatic nitrogens is 1. The van der Waals surface area contributed by atoms with Crippen molar-refractivity contribution < 1.29 is 14.0 Å². The lowest BCUT2D eigenvalue weighted by Crippen LogP contribution is -2.13. The number of rotatable bonds is 7. The van der Waals surface area contributed by atoms with E-state index in [1.165, 1.54) is 6.08 Å². The quantitative estimate of drug-likeness (QED) is 0.507. The van der Waals surface area contributed by atoms with Gasteiger partial charge in [-0.3, -0.25) is 9.78 Å². The minimum Gasteiger partial charge on any atom is -0.322 e. The molecule has 1 atom stereocenters. The lowest BCUT2D eigenvalue weighted by atomic mass is 9.99. The molecule has 1 aromatic heterocycles. The van der Waals surface area contributed by atoms with Gasteiger partial charge in [0.1, 0.15) is 12.1 Å². The largest absolute Gasteiger partial charge is 0.322 e. The third-order valence-electron chi connectivity index (χ3n) is 4.81. The molecule has 2 aliphatic rings. The maximum absolute atomic E-state index is 12.6. The third kappa shape index (κ3) is 11.9. The molecule has 1 heterocycles. The summed E-state index contributed by atoms with van der Waals surface area (Å²) in [4.78, 5) is 26.4. The molecule has 178 valence electrons. The van der Waals surface area contributed by atoms with Crippen molar-refractivity contribution in [3.8, 4) is 0 Å². The number of nitrogens with one attached hydrogen (secondary N) is 2. The molecular weight excluding hydrogens is 417 g/mol. The zero-order valence-electron chi connectivity index (χ0n) is 19.9. The number of aldehydes is 1. The molecule has 0 aliphatic heterocycles. The molecule has 0 spiro atoms. The number of likely N-dealkylation sites (N-methyl/N-ethyl adjacent to an activating group) is 1. The predicted molar refractivity (Wildman–Crippen MR) is 134 cm³/mol. The number of carbonyl (C=O) groups is 2. The summed E-state index contributed by atoms with van der Waals surface area (Å²) in [7, 11) is 1.87. The van der Waals surface area contributed by atoms with Crippen LogP contribution in [0, 0.1) is 5.92 Å². The van der Waals surface area contributed by atoms with Crippen molar-refractivity contribution >= 4 is 17.9 Å². The van der Waals surface area contributed by atoms with Crippen molar-refractivity contribution in [3.05, 3.63) is 84.0 Å². The standard InChI is InChI=1S/C16H18N2O2.C9H12FN.C2H6/c19-12-2-4-13-3-1-5-14(7-6-13)16(20)18-15-8-10-17-11-9-15;1-11-7-8-3-2-4-9(10)6-5-8;1-2/h5-13H,1-4H2,(H,17,18,20);2-3,5-6,11H,4,7H2,1H3;1-2H3. The minimum absolute atomic E-state index is 0.0765. The van der Waals surface area contributed by atoms with Crippen molar-refractivity contribution in [2.45, 2.75) is 46.0 Å². The summed E-state index contributed by atoms with van der Waals surface area (Å²) in [5, 5.41) is 5.85. The van der Waals surface area contributed by atoms with E-state index in [-0.39, 0.29) is 11.7 Å². The highest BCUT2D eigenvalue weighted by molar-refractivity contribution is 6.05. The van der Waals surface area contributed by atoms with E-state index in [2.05, 4.69) is 15.6 Å². The molecule has 0 aromatic carbocycles. The molecule has 0 radical (unpaired) electrons. The molecule has 1 unspecified atom stereocenters. The van der Waals surface area contributed by atoms with E-state index in [0.29, 0.717) is 24.3 Å². The van der Waals surface area contributed by atoms with Gasteiger partial charge >= 0.3 is 0 Å². The van der Waals surface area contributed by atoms with Crippen molar-refractivity contribution in [2.24, 2.45) is 5.92 Å². The monoisotopic (exact) mass is 453 g/mol. The smallest absolute Gasteiger partial charge is 0.255 e. The van der Waals surface area contributed by atoms with Crippen LogP contribution in [-0.2, 0) is 9.59 Å². The summed E-state index contributed by atoms with van der Waals surface area (Å²) in [6, 6.07) is 3.51. The van der Waals surface area contributed by atoms with Gasteiger partial charge in [0.15, 0.2) is 0 Å². The molecule has 0 saturated heterocycles. The number of anilines is 1. The predicted octanol–water partition coefficient (Wildman–Crippen LogP) is 5.86. The Kier molecular flexibility index (Phi) is 14.7. The Balaban J connectivity index is 0.000000354. The van der Waals surface area contributed by atoms with Crippen LogP contribution in [0.1, 0.15) is 46.0 Å². The van der Waals surface area contributed by atoms with Crippen LogP contribution in [0.4, 0.5) is 10.1 Å². The van der Waals surface area contributed by atoms with E-state index < -0.39 is 0 Å². The zero-order valence-corrected chi connectivity index (χ0v) is 19.9. The third-order valence-corrected chi connectivity index (χ3v) is 4.81. The summed E-state index contributed by atoms with van der Waals surface area (Å²) in [5.74, 6) is 0.193. The Hall–Kier alpha value is -3.12. The second-order valence-corrected chi connectivity index (χ2v) is 7.28. The molecule has 2 N–H and O–H groups in total. The molecular formula is C27H36FN3O2. The van der Waals surface area contributed by atoms with Crippen LogP contribution in [0.25, 0.3) is 0 Å². The van der Waals surface area contributed by atoms with Crippen LogP contribution < -0.4 is 10.6 Å². The van der Waals surface area contributed by atoms with Crippen LogP contribution in [0.2, 0.25) is 0 Å². The molecule has 5 nitrogen and oxygen atoms in total. The number of hydrogen-bond acceptors (Lipinski definition) is 4. The van der Waals surface area contributed by atoms with Gasteiger partial charge in [0.25, 0.3) is 5.91 Å². The molecule has 33 heavy (non-hydrogen) atoms. The molecule has 3 rings (SSSR count). The molecule has 6 heteroatoms. The fraction of sp³-hybridized carbons (Fsp3) is 0.370. The Morgan fingerprint density at radius 1 is 1.21 bits per heavy atom. The number of nitrogens with zero attached hydrogens (tertiary/aromatic N) is 1. The Labute approximate surface area is 197 Å². The van der Waals surface area contributed by atoms with Gasteiger partial charge in [-0.05, 0) is 56.0 Å². The maximum atomic E-state index is 12.6. The number of allylic oxidation sites excluding steroid dienone is 6. The highest BCUT2D eigenvalue weighted by Gasteiger charge is 2.12. The van der Waals surface area contributed by atoms with Gasteiger partial charge in [-0.2, -0.15) is 0 Å². The van der Waals surface area contributed by atoms with E-state index in [4.69, 9.17) is 0 Å². The van der Waals surface area contributed by atoms with E-state index in [0.717, 1.165) is 43.4 Å². The highest BCUT2D eigenvalue weighted by atomic mass is 19.1. The fourth-order valence-corrected chi connectivity index (χ4v) is 3.15. The summed E-state index contributed by atoms with van der Waals surface area (Å²) < 4.78 is 12.6. The summed E-state index contributed by atoms with van der Waals surface area (Å²) >= 11 is 0. The number of hydrogen-bond donors (Lipinski definition) is 2. The van der Waals surface area contributed by atoms with Gasteiger partial charge in [-0.15, -0.1) is 0 Å². The molecule has 0 bridgehead atoms. The van der Waals surface area contributed by atoms with Crippen LogP contribution >= 0.6 is 0 Å². The van der Waals surface area contributed by atoms with Gasteiger partial charge < -0.3 is 15.4 Å². The fourth-order valence-electron chi connectivity index (χ4n) is 3.15. The van der Waals surface area contributed by atoms with E-state index in [1.54, 1.807) is 30.6 Å². The van der Waals surface area contributed by atoms with Gasteiger partial charge in [0.05, 0.1) is 0 Å². The summed E-state index contributed by atoms with van der Waals surface area (Å²) in [6.07, 6.45) is 20.9. The first kappa shape index (κ1) is 27.9. The zero-order chi connectivity index (χ0) is 24.3. The molecule has 2 aliphatic carbocycles. The molecule has 1 amide bonds. The lowest BCUT2D eigenvalue weighted by Gasteiger charge is -2.06. The Bertz CT molecular complexity index is 871. The first-order chi connectivity index (χ1) is 16.1. The number of pyridine rings is 1.